The molecule has 2 aliphatic rings. The number of carbonyl (C=O) groups excluding carboxylic acids is 7. The number of nitrogens with zero attached hydrogens (tertiary/aromatic N) is 3. The summed E-state index contributed by atoms with van der Waals surface area (Å²) in [5.74, 6) is -2.82. The molecule has 0 radical (unpaired) electrons. The van der Waals surface area contributed by atoms with E-state index in [0.29, 0.717) is 53.8 Å². The van der Waals surface area contributed by atoms with Crippen LogP contribution in [0.2, 0.25) is 0 Å². The standard InChI is InChI=1S/C50H70N8O13/c1-12-30-33-21-29(15-16-36(33)54-41-34(30)24-58-38(41)22-32-31(13-2)45(64)68-25-35(32)43(58)62)71-47(66)57(11)19-20-67-44(63)28(4)53-40(60)17-18-52-46(65)69-26-37(55-50(10,14-3)39(59)23-51)42(61)56-49(8,9)27-70-48(5,6)7/h15-16,21-22,28,31,37,55H,12-14,17-20,23-27,51H2,1-11H3,(H,52,65)(H,53,60)(H,56,61)/t28-,31+,37?,50?/m1/s1. The Kier molecular flexibility index (Phi) is 18.1. The van der Waals surface area contributed by atoms with Crippen molar-refractivity contribution < 1.29 is 57.2 Å². The molecular formula is C50H70N8O13. The number of hydrogen-bond donors (Lipinski definition) is 5. The van der Waals surface area contributed by atoms with Gasteiger partial charge in [-0.3, -0.25) is 29.3 Å². The topological polar surface area (TPSA) is 278 Å². The second kappa shape index (κ2) is 23.2. The van der Waals surface area contributed by atoms with Crippen molar-refractivity contribution in [2.24, 2.45) is 5.73 Å². The minimum atomic E-state index is -1.19. The molecule has 4 amide bonds. The number of hydrogen-bond acceptors (Lipinski definition) is 16. The quantitative estimate of drug-likeness (QED) is 0.0557. The first-order valence-corrected chi connectivity index (χ1v) is 24.0. The van der Waals surface area contributed by atoms with Crippen molar-refractivity contribution in [1.29, 1.82) is 0 Å². The molecule has 4 atom stereocenters. The highest BCUT2D eigenvalue weighted by atomic mass is 16.6. The molecule has 2 unspecified atom stereocenters. The molecule has 21 heteroatoms. The number of pyridine rings is 2. The number of nitrogens with two attached hydrogens (primary N) is 1. The number of rotatable bonds is 22. The Bertz CT molecular complexity index is 2590. The Balaban J connectivity index is 1.07. The second-order valence-corrected chi connectivity index (χ2v) is 19.7. The number of carbonyl (C=O) groups is 7. The average molecular weight is 991 g/mol. The normalized spacial score (nSPS) is 15.7. The van der Waals surface area contributed by atoms with Crippen molar-refractivity contribution in [3.63, 3.8) is 0 Å². The summed E-state index contributed by atoms with van der Waals surface area (Å²) in [4.78, 5) is 110. The van der Waals surface area contributed by atoms with Gasteiger partial charge in [-0.05, 0) is 103 Å². The highest BCUT2D eigenvalue weighted by molar-refractivity contribution is 5.92. The van der Waals surface area contributed by atoms with Gasteiger partial charge in [0.05, 0.1) is 71.3 Å². The minimum absolute atomic E-state index is 0.0327. The van der Waals surface area contributed by atoms with Gasteiger partial charge in [-0.2, -0.15) is 0 Å². The van der Waals surface area contributed by atoms with Crippen LogP contribution >= 0.6 is 0 Å². The molecule has 3 aromatic rings. The molecule has 5 rings (SSSR count). The fraction of sp³-hybridized carbons (Fsp3) is 0.580. The molecular weight excluding hydrogens is 921 g/mol. The third kappa shape index (κ3) is 13.7. The SMILES string of the molecule is CCc1c2c(nc3ccc(OC(=O)N(C)CCOC(=O)[C@@H](C)NC(=O)CCNC(=O)OCC(NC(C)(CC)C(=O)CN)C(=O)NC(C)(C)COC(C)(C)C)cc13)-c1cc3c(c(=O)n1C2)COC(=O)[C@H]3CC. The number of likely N-dealkylation sites (N-methyl/N-ethyl adjacent to an activating group) is 1. The molecule has 0 bridgehead atoms. The van der Waals surface area contributed by atoms with E-state index >= 15 is 0 Å². The minimum Gasteiger partial charge on any atom is -0.462 e. The van der Waals surface area contributed by atoms with E-state index < -0.39 is 71.3 Å². The van der Waals surface area contributed by atoms with Crippen molar-refractivity contribution in [2.75, 3.05) is 46.5 Å². The van der Waals surface area contributed by atoms with E-state index in [2.05, 4.69) is 21.3 Å². The van der Waals surface area contributed by atoms with Gasteiger partial charge in [-0.1, -0.05) is 20.8 Å². The Morgan fingerprint density at radius 3 is 2.37 bits per heavy atom. The molecule has 21 nitrogen and oxygen atoms in total. The van der Waals surface area contributed by atoms with Crippen LogP contribution in [0.1, 0.15) is 117 Å². The molecule has 0 spiro atoms. The summed E-state index contributed by atoms with van der Waals surface area (Å²) in [5, 5.41) is 11.6. The molecule has 2 aromatic heterocycles. The van der Waals surface area contributed by atoms with Crippen LogP contribution < -0.4 is 37.3 Å². The number of fused-ring (bicyclic) bond motifs is 5. The van der Waals surface area contributed by atoms with Gasteiger partial charge in [-0.15, -0.1) is 0 Å². The highest BCUT2D eigenvalue weighted by Gasteiger charge is 2.38. The second-order valence-electron chi connectivity index (χ2n) is 19.7. The van der Waals surface area contributed by atoms with Crippen molar-refractivity contribution in [3.8, 4) is 17.1 Å². The zero-order chi connectivity index (χ0) is 52.6. The molecule has 6 N–H and O–H groups in total. The molecule has 0 fully saturated rings. The molecule has 1 aromatic carbocycles. The number of aromatic nitrogens is 2. The van der Waals surface area contributed by atoms with Crippen LogP contribution in [0.5, 0.6) is 5.75 Å². The zero-order valence-corrected chi connectivity index (χ0v) is 42.8. The molecule has 0 saturated carbocycles. The summed E-state index contributed by atoms with van der Waals surface area (Å²) in [6.07, 6.45) is -0.470. The van der Waals surface area contributed by atoms with Crippen LogP contribution in [0.4, 0.5) is 9.59 Å². The number of Topliss-reactive ketones (excluding diaryl/α,β-unsaturated/α-hetero) is 1. The summed E-state index contributed by atoms with van der Waals surface area (Å²) >= 11 is 0. The summed E-state index contributed by atoms with van der Waals surface area (Å²) in [6, 6.07) is 4.76. The monoisotopic (exact) mass is 991 g/mol. The first kappa shape index (κ1) is 55.5. The van der Waals surface area contributed by atoms with Gasteiger partial charge < -0.3 is 54.8 Å². The number of alkyl carbamates (subject to hydrolysis) is 1. The molecule has 0 saturated heterocycles. The fourth-order valence-electron chi connectivity index (χ4n) is 8.20. The van der Waals surface area contributed by atoms with Crippen LogP contribution in [-0.2, 0) is 62.5 Å². The van der Waals surface area contributed by atoms with Crippen molar-refractivity contribution in [3.05, 3.63) is 56.9 Å². The predicted molar refractivity (Wildman–Crippen MR) is 262 cm³/mol. The Labute approximate surface area is 413 Å². The Morgan fingerprint density at radius 1 is 1.00 bits per heavy atom. The lowest BCUT2D eigenvalue weighted by molar-refractivity contribution is -0.148. The van der Waals surface area contributed by atoms with E-state index in [1.165, 1.54) is 18.9 Å². The van der Waals surface area contributed by atoms with E-state index in [1.807, 2.05) is 40.7 Å². The number of esters is 2. The summed E-state index contributed by atoms with van der Waals surface area (Å²) in [5.41, 5.74) is 7.92. The maximum Gasteiger partial charge on any atom is 0.415 e. The first-order valence-electron chi connectivity index (χ1n) is 24.0. The van der Waals surface area contributed by atoms with Crippen LogP contribution in [0.15, 0.2) is 29.1 Å². The van der Waals surface area contributed by atoms with E-state index in [4.69, 9.17) is 34.4 Å². The molecule has 4 heterocycles. The zero-order valence-electron chi connectivity index (χ0n) is 42.8. The van der Waals surface area contributed by atoms with Gasteiger partial charge >= 0.3 is 24.1 Å². The maximum absolute atomic E-state index is 13.7. The number of amides is 4. The van der Waals surface area contributed by atoms with Crippen molar-refractivity contribution in [2.45, 2.75) is 143 Å². The summed E-state index contributed by atoms with van der Waals surface area (Å²) in [7, 11) is 1.48. The third-order valence-electron chi connectivity index (χ3n) is 12.5. The average Bonchev–Trinajstić information content (AvgIpc) is 3.68. The molecule has 2 aliphatic heterocycles. The van der Waals surface area contributed by atoms with Crippen LogP contribution in [0, 0.1) is 0 Å². The van der Waals surface area contributed by atoms with Gasteiger partial charge in [0, 0.05) is 31.0 Å². The first-order chi connectivity index (χ1) is 33.3. The van der Waals surface area contributed by atoms with Gasteiger partial charge in [0.25, 0.3) is 5.56 Å². The lowest BCUT2D eigenvalue weighted by Gasteiger charge is -2.35. The Morgan fingerprint density at radius 2 is 1.72 bits per heavy atom. The van der Waals surface area contributed by atoms with Crippen molar-refractivity contribution in [1.82, 2.24) is 35.7 Å². The largest absolute Gasteiger partial charge is 0.462 e. The fourth-order valence-corrected chi connectivity index (χ4v) is 8.20. The number of nitrogens with one attached hydrogen (secondary N) is 4. The molecule has 71 heavy (non-hydrogen) atoms. The van der Waals surface area contributed by atoms with Gasteiger partial charge in [-0.25, -0.2) is 19.4 Å². The number of benzene rings is 1. The highest BCUT2D eigenvalue weighted by Crippen LogP contribution is 2.39. The smallest absolute Gasteiger partial charge is 0.415 e. The summed E-state index contributed by atoms with van der Waals surface area (Å²) < 4.78 is 29.2. The predicted octanol–water partition coefficient (Wildman–Crippen LogP) is 3.50. The third-order valence-corrected chi connectivity index (χ3v) is 12.5. The Hall–Kier alpha value is -6.45. The van der Waals surface area contributed by atoms with Crippen LogP contribution in [-0.4, -0.2) is 131 Å². The van der Waals surface area contributed by atoms with E-state index in [1.54, 1.807) is 50.5 Å². The number of ketones is 1. The lowest BCUT2D eigenvalue weighted by atomic mass is 9.90. The van der Waals surface area contributed by atoms with E-state index in [9.17, 15) is 38.4 Å². The molecule has 0 aliphatic carbocycles. The summed E-state index contributed by atoms with van der Waals surface area (Å²) in [6.45, 7) is 17.2. The number of aryl methyl sites for hydroxylation is 1. The molecule has 388 valence electrons. The van der Waals surface area contributed by atoms with Crippen molar-refractivity contribution >= 4 is 52.6 Å². The van der Waals surface area contributed by atoms with Gasteiger partial charge in [0.2, 0.25) is 11.8 Å². The number of cyclic esters (lactones) is 1. The van der Waals surface area contributed by atoms with Gasteiger partial charge in [0.1, 0.15) is 37.7 Å². The van der Waals surface area contributed by atoms with Gasteiger partial charge in [0.15, 0.2) is 5.78 Å². The van der Waals surface area contributed by atoms with Crippen LogP contribution in [0.3, 0.4) is 0 Å². The number of ether oxygens (including phenoxy) is 5. The van der Waals surface area contributed by atoms with E-state index in [-0.39, 0.29) is 68.9 Å². The van der Waals surface area contributed by atoms with Crippen LogP contribution in [0.25, 0.3) is 22.3 Å². The lowest BCUT2D eigenvalue weighted by Crippen LogP contribution is -2.63. The maximum atomic E-state index is 13.7. The van der Waals surface area contributed by atoms with E-state index in [0.717, 1.165) is 16.5 Å².